The molecule has 1 saturated heterocycles. The molecule has 2 aromatic carbocycles. The Labute approximate surface area is 174 Å². The maximum absolute atomic E-state index is 12.9. The van der Waals surface area contributed by atoms with Gasteiger partial charge in [0.05, 0.1) is 21.0 Å². The predicted molar refractivity (Wildman–Crippen MR) is 116 cm³/mol. The normalized spacial score (nSPS) is 18.1. The number of hydrogen-bond donors (Lipinski definition) is 1. The summed E-state index contributed by atoms with van der Waals surface area (Å²) in [5.41, 5.74) is 3.14. The molecule has 1 aromatic heterocycles. The van der Waals surface area contributed by atoms with Crippen molar-refractivity contribution in [3.8, 4) is 0 Å². The SMILES string of the molecule is Cc1cc(C)c2sc(NC(=O)C3CCCN(S(=O)(=O)c4ccccc4)C3)nc2c1. The quantitative estimate of drug-likeness (QED) is 0.681. The zero-order chi connectivity index (χ0) is 20.6. The number of aryl methyl sites for hydroxylation is 2. The largest absolute Gasteiger partial charge is 0.302 e. The molecule has 1 unspecified atom stereocenters. The van der Waals surface area contributed by atoms with Crippen LogP contribution in [0.1, 0.15) is 24.0 Å². The first kappa shape index (κ1) is 20.0. The summed E-state index contributed by atoms with van der Waals surface area (Å²) in [6.07, 6.45) is 1.32. The fraction of sp³-hybridized carbons (Fsp3) is 0.333. The molecule has 3 aromatic rings. The fourth-order valence-corrected chi connectivity index (χ4v) is 6.22. The lowest BCUT2D eigenvalue weighted by Gasteiger charge is -2.31. The van der Waals surface area contributed by atoms with E-state index in [4.69, 9.17) is 0 Å². The van der Waals surface area contributed by atoms with Gasteiger partial charge in [0.15, 0.2) is 5.13 Å². The monoisotopic (exact) mass is 429 g/mol. The molecule has 1 amide bonds. The van der Waals surface area contributed by atoms with Gasteiger partial charge in [0.2, 0.25) is 15.9 Å². The van der Waals surface area contributed by atoms with Crippen molar-refractivity contribution in [2.24, 2.45) is 5.92 Å². The van der Waals surface area contributed by atoms with Crippen LogP contribution >= 0.6 is 11.3 Å². The summed E-state index contributed by atoms with van der Waals surface area (Å²) in [6.45, 7) is 4.67. The smallest absolute Gasteiger partial charge is 0.243 e. The van der Waals surface area contributed by atoms with Crippen LogP contribution in [0.4, 0.5) is 5.13 Å². The highest BCUT2D eigenvalue weighted by atomic mass is 32.2. The maximum Gasteiger partial charge on any atom is 0.243 e. The number of nitrogens with zero attached hydrogens (tertiary/aromatic N) is 2. The molecular weight excluding hydrogens is 406 g/mol. The van der Waals surface area contributed by atoms with E-state index in [2.05, 4.69) is 16.4 Å². The Bertz CT molecular complexity index is 1160. The number of carbonyl (C=O) groups is 1. The zero-order valence-corrected chi connectivity index (χ0v) is 18.0. The van der Waals surface area contributed by atoms with Crippen molar-refractivity contribution in [2.45, 2.75) is 31.6 Å². The first-order valence-corrected chi connectivity index (χ1v) is 11.8. The van der Waals surface area contributed by atoms with Crippen molar-refractivity contribution in [1.82, 2.24) is 9.29 Å². The minimum atomic E-state index is -3.59. The second kappa shape index (κ2) is 7.85. The summed E-state index contributed by atoms with van der Waals surface area (Å²) in [6, 6.07) is 12.5. The second-order valence-electron chi connectivity index (χ2n) is 7.45. The van der Waals surface area contributed by atoms with Gasteiger partial charge in [0.25, 0.3) is 0 Å². The number of hydrogen-bond acceptors (Lipinski definition) is 5. The number of thiazole rings is 1. The molecule has 0 bridgehead atoms. The number of piperidine rings is 1. The average Bonchev–Trinajstić information content (AvgIpc) is 3.11. The van der Waals surface area contributed by atoms with Crippen LogP contribution in [0.3, 0.4) is 0 Å². The summed E-state index contributed by atoms with van der Waals surface area (Å²) >= 11 is 1.45. The van der Waals surface area contributed by atoms with E-state index < -0.39 is 15.9 Å². The van der Waals surface area contributed by atoms with Crippen molar-refractivity contribution in [3.05, 3.63) is 53.6 Å². The van der Waals surface area contributed by atoms with Gasteiger partial charge in [0, 0.05) is 13.1 Å². The number of carbonyl (C=O) groups excluding carboxylic acids is 1. The van der Waals surface area contributed by atoms with E-state index in [0.717, 1.165) is 21.3 Å². The molecule has 152 valence electrons. The van der Waals surface area contributed by atoms with Gasteiger partial charge in [-0.2, -0.15) is 4.31 Å². The molecule has 8 heteroatoms. The topological polar surface area (TPSA) is 79.4 Å². The van der Waals surface area contributed by atoms with Crippen LogP contribution in [-0.4, -0.2) is 36.7 Å². The van der Waals surface area contributed by atoms with Gasteiger partial charge in [-0.1, -0.05) is 35.6 Å². The minimum Gasteiger partial charge on any atom is -0.302 e. The van der Waals surface area contributed by atoms with Crippen LogP contribution < -0.4 is 5.32 Å². The van der Waals surface area contributed by atoms with Gasteiger partial charge >= 0.3 is 0 Å². The van der Waals surface area contributed by atoms with Gasteiger partial charge in [-0.05, 0) is 56.0 Å². The van der Waals surface area contributed by atoms with Crippen molar-refractivity contribution in [1.29, 1.82) is 0 Å². The Morgan fingerprint density at radius 1 is 1.21 bits per heavy atom. The molecule has 1 atom stereocenters. The molecule has 2 heterocycles. The van der Waals surface area contributed by atoms with Crippen LogP contribution in [-0.2, 0) is 14.8 Å². The lowest BCUT2D eigenvalue weighted by atomic mass is 9.99. The van der Waals surface area contributed by atoms with Crippen LogP contribution in [0.5, 0.6) is 0 Å². The lowest BCUT2D eigenvalue weighted by molar-refractivity contribution is -0.120. The average molecular weight is 430 g/mol. The van der Waals surface area contributed by atoms with Crippen LogP contribution in [0.2, 0.25) is 0 Å². The zero-order valence-electron chi connectivity index (χ0n) is 16.4. The summed E-state index contributed by atoms with van der Waals surface area (Å²) in [4.78, 5) is 17.6. The highest BCUT2D eigenvalue weighted by Gasteiger charge is 2.33. The Morgan fingerprint density at radius 2 is 1.97 bits per heavy atom. The number of sulfonamides is 1. The highest BCUT2D eigenvalue weighted by Crippen LogP contribution is 2.31. The molecule has 1 aliphatic rings. The van der Waals surface area contributed by atoms with Crippen molar-refractivity contribution < 1.29 is 13.2 Å². The molecule has 1 N–H and O–H groups in total. The standard InChI is InChI=1S/C21H23N3O3S2/c1-14-11-15(2)19-18(12-14)22-21(28-19)23-20(25)16-7-6-10-24(13-16)29(26,27)17-8-4-3-5-9-17/h3-5,8-9,11-12,16H,6-7,10,13H2,1-2H3,(H,22,23,25). The molecule has 1 aliphatic heterocycles. The molecule has 0 spiro atoms. The van der Waals surface area contributed by atoms with Gasteiger partial charge < -0.3 is 5.32 Å². The van der Waals surface area contributed by atoms with E-state index in [-0.39, 0.29) is 17.3 Å². The van der Waals surface area contributed by atoms with E-state index in [1.165, 1.54) is 15.6 Å². The Kier molecular flexibility index (Phi) is 5.42. The van der Waals surface area contributed by atoms with Gasteiger partial charge in [-0.3, -0.25) is 4.79 Å². The van der Waals surface area contributed by atoms with Crippen molar-refractivity contribution in [3.63, 3.8) is 0 Å². The predicted octanol–water partition coefficient (Wildman–Crippen LogP) is 3.95. The number of nitrogens with one attached hydrogen (secondary N) is 1. The molecule has 1 fully saturated rings. The molecular formula is C21H23N3O3S2. The first-order chi connectivity index (χ1) is 13.8. The minimum absolute atomic E-state index is 0.175. The number of aromatic nitrogens is 1. The summed E-state index contributed by atoms with van der Waals surface area (Å²) < 4.78 is 28.2. The third-order valence-corrected chi connectivity index (χ3v) is 8.19. The number of fused-ring (bicyclic) bond motifs is 1. The van der Waals surface area contributed by atoms with Crippen molar-refractivity contribution >= 4 is 42.6 Å². The van der Waals surface area contributed by atoms with Crippen molar-refractivity contribution in [2.75, 3.05) is 18.4 Å². The van der Waals surface area contributed by atoms with Crippen LogP contribution in [0.15, 0.2) is 47.4 Å². The first-order valence-electron chi connectivity index (χ1n) is 9.58. The van der Waals surface area contributed by atoms with Gasteiger partial charge in [0.1, 0.15) is 0 Å². The van der Waals surface area contributed by atoms with E-state index in [0.29, 0.717) is 24.5 Å². The number of rotatable bonds is 4. The third kappa shape index (κ3) is 4.05. The second-order valence-corrected chi connectivity index (χ2v) is 10.4. The molecule has 0 saturated carbocycles. The Morgan fingerprint density at radius 3 is 2.72 bits per heavy atom. The summed E-state index contributed by atoms with van der Waals surface area (Å²) in [5.74, 6) is -0.566. The summed E-state index contributed by atoms with van der Waals surface area (Å²) in [7, 11) is -3.59. The maximum atomic E-state index is 12.9. The summed E-state index contributed by atoms with van der Waals surface area (Å²) in [5, 5.41) is 3.46. The fourth-order valence-electron chi connectivity index (χ4n) is 3.75. The van der Waals surface area contributed by atoms with Crippen LogP contribution in [0.25, 0.3) is 10.2 Å². The molecule has 0 radical (unpaired) electrons. The van der Waals surface area contributed by atoms with E-state index >= 15 is 0 Å². The van der Waals surface area contributed by atoms with Gasteiger partial charge in [-0.25, -0.2) is 13.4 Å². The Balaban J connectivity index is 1.50. The van der Waals surface area contributed by atoms with E-state index in [9.17, 15) is 13.2 Å². The molecule has 0 aliphatic carbocycles. The Hall–Kier alpha value is -2.29. The number of amides is 1. The highest BCUT2D eigenvalue weighted by molar-refractivity contribution is 7.89. The molecule has 29 heavy (non-hydrogen) atoms. The molecule has 4 rings (SSSR count). The lowest BCUT2D eigenvalue weighted by Crippen LogP contribution is -2.43. The van der Waals surface area contributed by atoms with E-state index in [1.54, 1.807) is 30.3 Å². The molecule has 6 nitrogen and oxygen atoms in total. The number of benzene rings is 2. The third-order valence-electron chi connectivity index (χ3n) is 5.19. The van der Waals surface area contributed by atoms with Gasteiger partial charge in [-0.15, -0.1) is 0 Å². The van der Waals surface area contributed by atoms with E-state index in [1.807, 2.05) is 19.9 Å². The number of anilines is 1. The van der Waals surface area contributed by atoms with Crippen LogP contribution in [0, 0.1) is 19.8 Å².